The second kappa shape index (κ2) is 16.8. The average molecular weight is 803 g/mol. The number of hydrogen-bond acceptors (Lipinski definition) is 20. The summed E-state index contributed by atoms with van der Waals surface area (Å²) in [6, 6.07) is 9.50. The molecule has 0 radical (unpaired) electrons. The van der Waals surface area contributed by atoms with Gasteiger partial charge < -0.3 is 89.0 Å². The second-order valence-corrected chi connectivity index (χ2v) is 13.0. The molecule has 20 nitrogen and oxygen atoms in total. The first-order chi connectivity index (χ1) is 27.1. The van der Waals surface area contributed by atoms with E-state index < -0.39 is 120 Å². The molecule has 2 aliphatic rings. The summed E-state index contributed by atoms with van der Waals surface area (Å²) in [5.41, 5.74) is -0.982. The molecule has 10 atom stereocenters. The predicted molar refractivity (Wildman–Crippen MR) is 189 cm³/mol. The standard InChI is InChI=1S/C37H38O20/c1-51-21-9-14(8-19(42)26(21)44)2-7-24(43)52-13-23-28(46)30(48)32(50)36(55-23)57-35-31(49)27(45)22(12-38)54-37(35)56-34-29(47)25-18(41)10-17(40)11-20(25)53-33(34)15-3-5-16(39)6-4-15/h2-11,22-23,27-28,30-32,35-42,44-46,48-50H,12-13H2,1H3/b7-2+/t22-,23-,27-,28-,30+,31+,32-,35-,36+,37+/m1/s1. The van der Waals surface area contributed by atoms with E-state index in [1.165, 1.54) is 43.5 Å². The number of aliphatic hydroxyl groups is 6. The summed E-state index contributed by atoms with van der Waals surface area (Å²) in [7, 11) is 1.25. The number of hydrogen-bond donors (Lipinski definition) is 11. The number of phenols is 5. The van der Waals surface area contributed by atoms with Gasteiger partial charge in [-0.15, -0.1) is 0 Å². The van der Waals surface area contributed by atoms with Crippen LogP contribution in [0.4, 0.5) is 0 Å². The monoisotopic (exact) mass is 802 g/mol. The van der Waals surface area contributed by atoms with Crippen LogP contribution in [-0.2, 0) is 23.7 Å². The molecule has 57 heavy (non-hydrogen) atoms. The summed E-state index contributed by atoms with van der Waals surface area (Å²) in [4.78, 5) is 26.5. The molecule has 0 bridgehead atoms. The first-order valence-corrected chi connectivity index (χ1v) is 17.0. The van der Waals surface area contributed by atoms with Gasteiger partial charge in [-0.1, -0.05) is 0 Å². The van der Waals surface area contributed by atoms with E-state index in [0.717, 1.165) is 24.3 Å². The smallest absolute Gasteiger partial charge is 0.330 e. The summed E-state index contributed by atoms with van der Waals surface area (Å²) in [5, 5.41) is 114. The molecule has 2 aliphatic heterocycles. The lowest BCUT2D eigenvalue weighted by Crippen LogP contribution is -2.65. The molecule has 20 heteroatoms. The molecule has 4 aromatic rings. The molecule has 2 saturated heterocycles. The number of esters is 1. The Morgan fingerprint density at radius 1 is 0.789 bits per heavy atom. The highest BCUT2D eigenvalue weighted by Crippen LogP contribution is 2.39. The van der Waals surface area contributed by atoms with Crippen molar-refractivity contribution in [3.63, 3.8) is 0 Å². The maximum atomic E-state index is 13.9. The van der Waals surface area contributed by atoms with E-state index >= 15 is 0 Å². The SMILES string of the molecule is COc1cc(/C=C/C(=O)OC[C@H]2O[C@@H](O[C@H]3[C@H](Oc4c(-c5ccc(O)cc5)oc5cc(O)cc(O)c5c4=O)O[C@H](CO)[C@@H](O)[C@@H]3O)[C@H](O)[C@@H](O)[C@@H]2O)cc(O)c1O. The number of phenolic OH excluding ortho intramolecular Hbond substituents is 5. The van der Waals surface area contributed by atoms with Crippen molar-refractivity contribution in [2.24, 2.45) is 0 Å². The Bertz CT molecular complexity index is 2170. The van der Waals surface area contributed by atoms with Gasteiger partial charge in [0.25, 0.3) is 0 Å². The van der Waals surface area contributed by atoms with Gasteiger partial charge in [0.15, 0.2) is 29.7 Å². The molecule has 0 unspecified atom stereocenters. The number of methoxy groups -OCH3 is 1. The van der Waals surface area contributed by atoms with E-state index in [2.05, 4.69) is 0 Å². The zero-order valence-corrected chi connectivity index (χ0v) is 29.6. The molecule has 2 fully saturated rings. The third-order valence-corrected chi connectivity index (χ3v) is 9.16. The third-order valence-electron chi connectivity index (χ3n) is 9.16. The van der Waals surface area contributed by atoms with E-state index in [1.54, 1.807) is 0 Å². The molecular formula is C37H38O20. The van der Waals surface area contributed by atoms with Crippen LogP contribution in [0.2, 0.25) is 0 Å². The highest BCUT2D eigenvalue weighted by molar-refractivity contribution is 5.88. The Morgan fingerprint density at radius 3 is 2.16 bits per heavy atom. The van der Waals surface area contributed by atoms with Crippen LogP contribution in [0.5, 0.6) is 40.2 Å². The van der Waals surface area contributed by atoms with E-state index in [-0.39, 0.29) is 34.0 Å². The number of fused-ring (bicyclic) bond motifs is 1. The summed E-state index contributed by atoms with van der Waals surface area (Å²) < 4.78 is 39.0. The summed E-state index contributed by atoms with van der Waals surface area (Å²) >= 11 is 0. The fourth-order valence-electron chi connectivity index (χ4n) is 6.15. The van der Waals surface area contributed by atoms with Crippen LogP contribution in [-0.4, -0.2) is 144 Å². The van der Waals surface area contributed by atoms with Crippen molar-refractivity contribution in [2.75, 3.05) is 20.3 Å². The average Bonchev–Trinajstić information content (AvgIpc) is 3.18. The van der Waals surface area contributed by atoms with E-state index in [4.69, 9.17) is 32.8 Å². The highest BCUT2D eigenvalue weighted by atomic mass is 16.8. The number of aromatic hydroxyl groups is 5. The van der Waals surface area contributed by atoms with Gasteiger partial charge in [0.05, 0.1) is 13.7 Å². The van der Waals surface area contributed by atoms with Crippen LogP contribution in [0, 0.1) is 0 Å². The van der Waals surface area contributed by atoms with Crippen LogP contribution < -0.4 is 14.9 Å². The van der Waals surface area contributed by atoms with Crippen LogP contribution >= 0.6 is 0 Å². The van der Waals surface area contributed by atoms with Crippen molar-refractivity contribution in [2.45, 2.75) is 61.4 Å². The van der Waals surface area contributed by atoms with Crippen LogP contribution in [0.25, 0.3) is 28.4 Å². The van der Waals surface area contributed by atoms with E-state index in [0.29, 0.717) is 0 Å². The van der Waals surface area contributed by atoms with Gasteiger partial charge in [-0.25, -0.2) is 4.79 Å². The fourth-order valence-corrected chi connectivity index (χ4v) is 6.15. The zero-order valence-electron chi connectivity index (χ0n) is 29.6. The van der Waals surface area contributed by atoms with Crippen molar-refractivity contribution < 1.29 is 93.8 Å². The van der Waals surface area contributed by atoms with E-state index in [9.17, 15) is 65.8 Å². The molecule has 3 aromatic carbocycles. The number of carbonyl (C=O) groups excluding carboxylic acids is 1. The normalized spacial score (nSPS) is 27.7. The Morgan fingerprint density at radius 2 is 1.47 bits per heavy atom. The quantitative estimate of drug-likeness (QED) is 0.0505. The minimum atomic E-state index is -2.06. The Balaban J connectivity index is 1.27. The topological polar surface area (TPSA) is 325 Å². The number of aliphatic hydroxyl groups excluding tert-OH is 6. The number of rotatable bonds is 11. The van der Waals surface area contributed by atoms with Crippen LogP contribution in [0.3, 0.4) is 0 Å². The molecule has 1 aromatic heterocycles. The van der Waals surface area contributed by atoms with Crippen molar-refractivity contribution in [1.82, 2.24) is 0 Å². The first kappa shape index (κ1) is 41.0. The molecular weight excluding hydrogens is 764 g/mol. The maximum Gasteiger partial charge on any atom is 0.330 e. The molecule has 0 saturated carbocycles. The summed E-state index contributed by atoms with van der Waals surface area (Å²) in [5.74, 6) is -4.50. The molecule has 6 rings (SSSR count). The largest absolute Gasteiger partial charge is 0.508 e. The first-order valence-electron chi connectivity index (χ1n) is 17.0. The minimum absolute atomic E-state index is 0.0835. The number of benzene rings is 3. The van der Waals surface area contributed by atoms with Gasteiger partial charge in [0.1, 0.15) is 77.6 Å². The zero-order chi connectivity index (χ0) is 41.3. The fraction of sp³-hybridized carbons (Fsp3) is 0.351. The van der Waals surface area contributed by atoms with Crippen LogP contribution in [0.15, 0.2) is 63.8 Å². The molecule has 306 valence electrons. The predicted octanol–water partition coefficient (Wildman–Crippen LogP) is -0.736. The third kappa shape index (κ3) is 8.39. The Labute approximate surface area is 320 Å². The van der Waals surface area contributed by atoms with Gasteiger partial charge in [0, 0.05) is 23.8 Å². The van der Waals surface area contributed by atoms with E-state index in [1.807, 2.05) is 0 Å². The minimum Gasteiger partial charge on any atom is -0.508 e. The van der Waals surface area contributed by atoms with Crippen molar-refractivity contribution in [3.05, 3.63) is 70.4 Å². The van der Waals surface area contributed by atoms with Gasteiger partial charge in [-0.3, -0.25) is 4.79 Å². The van der Waals surface area contributed by atoms with Gasteiger partial charge in [-0.2, -0.15) is 0 Å². The number of ether oxygens (including phenoxy) is 6. The molecule has 0 aliphatic carbocycles. The second-order valence-electron chi connectivity index (χ2n) is 13.0. The van der Waals surface area contributed by atoms with Crippen LogP contribution in [0.1, 0.15) is 5.56 Å². The van der Waals surface area contributed by atoms with Crippen molar-refractivity contribution in [3.8, 4) is 51.6 Å². The lowest BCUT2D eigenvalue weighted by molar-refractivity contribution is -0.358. The lowest BCUT2D eigenvalue weighted by atomic mass is 9.97. The molecule has 0 amide bonds. The maximum absolute atomic E-state index is 13.9. The summed E-state index contributed by atoms with van der Waals surface area (Å²) in [6.45, 7) is -1.64. The summed E-state index contributed by atoms with van der Waals surface area (Å²) in [6.07, 6.45) is -16.8. The van der Waals surface area contributed by atoms with Gasteiger partial charge in [-0.05, 0) is 48.0 Å². The highest BCUT2D eigenvalue weighted by Gasteiger charge is 2.52. The lowest BCUT2D eigenvalue weighted by Gasteiger charge is -2.45. The van der Waals surface area contributed by atoms with Crippen molar-refractivity contribution in [1.29, 1.82) is 0 Å². The number of carbonyl (C=O) groups is 1. The molecule has 0 spiro atoms. The Kier molecular flexibility index (Phi) is 12.1. The van der Waals surface area contributed by atoms with Gasteiger partial charge in [0.2, 0.25) is 23.2 Å². The molecule has 3 heterocycles. The van der Waals surface area contributed by atoms with Gasteiger partial charge >= 0.3 is 5.97 Å². The molecule has 11 N–H and O–H groups in total. The Hall–Kier alpha value is -5.68. The van der Waals surface area contributed by atoms with Crippen molar-refractivity contribution >= 4 is 23.0 Å².